The van der Waals surface area contributed by atoms with E-state index in [0.29, 0.717) is 12.1 Å². The molecule has 0 aromatic heterocycles. The number of nitrogens with zero attached hydrogens (tertiary/aromatic N) is 1. The van der Waals surface area contributed by atoms with Gasteiger partial charge in [-0.3, -0.25) is 0 Å². The van der Waals surface area contributed by atoms with Gasteiger partial charge in [-0.25, -0.2) is 0 Å². The standard InChI is InChI=1S/C19H24N2/c1-14-9-10-15(2)18(11-14)21-13-16(3)20-12-19(21)17-7-5-4-6-8-17/h4-11,16,19-20H,12-13H2,1-3H3. The Morgan fingerprint density at radius 3 is 2.57 bits per heavy atom. The molecule has 2 heteroatoms. The molecule has 1 saturated heterocycles. The van der Waals surface area contributed by atoms with E-state index >= 15 is 0 Å². The van der Waals surface area contributed by atoms with E-state index in [1.165, 1.54) is 22.4 Å². The molecule has 0 bridgehead atoms. The zero-order valence-electron chi connectivity index (χ0n) is 13.1. The van der Waals surface area contributed by atoms with Gasteiger partial charge in [0.1, 0.15) is 0 Å². The van der Waals surface area contributed by atoms with Gasteiger partial charge < -0.3 is 10.2 Å². The Hall–Kier alpha value is -1.80. The van der Waals surface area contributed by atoms with Crippen molar-refractivity contribution in [2.45, 2.75) is 32.9 Å². The highest BCUT2D eigenvalue weighted by atomic mass is 15.2. The number of aryl methyl sites for hydroxylation is 2. The van der Waals surface area contributed by atoms with Crippen molar-refractivity contribution in [2.75, 3.05) is 18.0 Å². The van der Waals surface area contributed by atoms with Crippen LogP contribution in [0.15, 0.2) is 48.5 Å². The number of anilines is 1. The second-order valence-corrected chi connectivity index (χ2v) is 6.18. The molecular weight excluding hydrogens is 256 g/mol. The molecular formula is C19H24N2. The molecule has 2 aromatic carbocycles. The van der Waals surface area contributed by atoms with Crippen molar-refractivity contribution in [3.63, 3.8) is 0 Å². The van der Waals surface area contributed by atoms with Gasteiger partial charge in [0.05, 0.1) is 6.04 Å². The second kappa shape index (κ2) is 5.90. The molecule has 0 spiro atoms. The fourth-order valence-electron chi connectivity index (χ4n) is 3.18. The number of hydrogen-bond donors (Lipinski definition) is 1. The van der Waals surface area contributed by atoms with Gasteiger partial charge in [0.2, 0.25) is 0 Å². The van der Waals surface area contributed by atoms with E-state index in [2.05, 4.69) is 79.5 Å². The summed E-state index contributed by atoms with van der Waals surface area (Å²) in [4.78, 5) is 2.57. The Morgan fingerprint density at radius 1 is 1.05 bits per heavy atom. The van der Waals surface area contributed by atoms with Crippen molar-refractivity contribution < 1.29 is 0 Å². The van der Waals surface area contributed by atoms with Crippen LogP contribution in [0, 0.1) is 13.8 Å². The molecule has 1 aliphatic heterocycles. The summed E-state index contributed by atoms with van der Waals surface area (Å²) in [6.45, 7) is 8.69. The van der Waals surface area contributed by atoms with E-state index in [1.54, 1.807) is 0 Å². The summed E-state index contributed by atoms with van der Waals surface area (Å²) in [5.74, 6) is 0. The van der Waals surface area contributed by atoms with Crippen LogP contribution in [0.25, 0.3) is 0 Å². The second-order valence-electron chi connectivity index (χ2n) is 6.18. The zero-order chi connectivity index (χ0) is 14.8. The van der Waals surface area contributed by atoms with Gasteiger partial charge in [-0.15, -0.1) is 0 Å². The molecule has 1 N–H and O–H groups in total. The lowest BCUT2D eigenvalue weighted by Gasteiger charge is -2.42. The van der Waals surface area contributed by atoms with E-state index in [0.717, 1.165) is 13.1 Å². The van der Waals surface area contributed by atoms with E-state index in [-0.39, 0.29) is 0 Å². The summed E-state index contributed by atoms with van der Waals surface area (Å²) >= 11 is 0. The van der Waals surface area contributed by atoms with Crippen LogP contribution < -0.4 is 10.2 Å². The molecule has 2 unspecified atom stereocenters. The number of benzene rings is 2. The number of nitrogens with one attached hydrogen (secondary N) is 1. The normalized spacial score (nSPS) is 22.3. The molecule has 0 saturated carbocycles. The Balaban J connectivity index is 2.00. The molecule has 1 fully saturated rings. The molecule has 2 atom stereocenters. The van der Waals surface area contributed by atoms with Gasteiger partial charge in [-0.1, -0.05) is 42.5 Å². The third-order valence-electron chi connectivity index (χ3n) is 4.36. The highest BCUT2D eigenvalue weighted by Gasteiger charge is 2.28. The number of piperazine rings is 1. The minimum absolute atomic E-state index is 0.405. The van der Waals surface area contributed by atoms with Crippen LogP contribution in [-0.4, -0.2) is 19.1 Å². The third-order valence-corrected chi connectivity index (χ3v) is 4.36. The Bertz CT molecular complexity index is 606. The van der Waals surface area contributed by atoms with E-state index < -0.39 is 0 Å². The van der Waals surface area contributed by atoms with Crippen LogP contribution in [0.4, 0.5) is 5.69 Å². The summed E-state index contributed by atoms with van der Waals surface area (Å²) in [7, 11) is 0. The average molecular weight is 280 g/mol. The van der Waals surface area contributed by atoms with Gasteiger partial charge in [-0.2, -0.15) is 0 Å². The van der Waals surface area contributed by atoms with Crippen LogP contribution in [-0.2, 0) is 0 Å². The lowest BCUT2D eigenvalue weighted by molar-refractivity contribution is 0.416. The SMILES string of the molecule is Cc1ccc(C)c(N2CC(C)NCC2c2ccccc2)c1. The van der Waals surface area contributed by atoms with Crippen LogP contribution in [0.3, 0.4) is 0 Å². The first kappa shape index (κ1) is 14.2. The van der Waals surface area contributed by atoms with E-state index in [4.69, 9.17) is 0 Å². The molecule has 3 rings (SSSR count). The fraction of sp³-hybridized carbons (Fsp3) is 0.368. The molecule has 0 amide bonds. The van der Waals surface area contributed by atoms with E-state index in [1.807, 2.05) is 0 Å². The van der Waals surface area contributed by atoms with Crippen molar-refractivity contribution in [1.82, 2.24) is 5.32 Å². The molecule has 0 radical (unpaired) electrons. The Morgan fingerprint density at radius 2 is 1.81 bits per heavy atom. The molecule has 110 valence electrons. The lowest BCUT2D eigenvalue weighted by atomic mass is 9.98. The Kier molecular flexibility index (Phi) is 3.98. The van der Waals surface area contributed by atoms with Crippen LogP contribution in [0.5, 0.6) is 0 Å². The van der Waals surface area contributed by atoms with Crippen molar-refractivity contribution >= 4 is 5.69 Å². The molecule has 1 heterocycles. The maximum absolute atomic E-state index is 3.62. The van der Waals surface area contributed by atoms with Crippen LogP contribution in [0.1, 0.15) is 29.7 Å². The summed E-state index contributed by atoms with van der Waals surface area (Å²) in [5.41, 5.74) is 5.44. The summed E-state index contributed by atoms with van der Waals surface area (Å²) in [6.07, 6.45) is 0. The van der Waals surface area contributed by atoms with Gasteiger partial charge in [0.15, 0.2) is 0 Å². The van der Waals surface area contributed by atoms with Crippen molar-refractivity contribution in [1.29, 1.82) is 0 Å². The third kappa shape index (κ3) is 2.96. The number of hydrogen-bond acceptors (Lipinski definition) is 2. The first-order valence-electron chi connectivity index (χ1n) is 7.77. The Labute approximate surface area is 127 Å². The maximum Gasteiger partial charge on any atom is 0.0667 e. The predicted molar refractivity (Wildman–Crippen MR) is 89.9 cm³/mol. The quantitative estimate of drug-likeness (QED) is 0.899. The first-order chi connectivity index (χ1) is 10.1. The monoisotopic (exact) mass is 280 g/mol. The van der Waals surface area contributed by atoms with E-state index in [9.17, 15) is 0 Å². The first-order valence-corrected chi connectivity index (χ1v) is 7.77. The maximum atomic E-state index is 3.62. The minimum atomic E-state index is 0.405. The molecule has 1 aliphatic rings. The molecule has 21 heavy (non-hydrogen) atoms. The predicted octanol–water partition coefficient (Wildman–Crippen LogP) is 3.84. The van der Waals surface area contributed by atoms with Gasteiger partial charge in [-0.05, 0) is 43.5 Å². The topological polar surface area (TPSA) is 15.3 Å². The average Bonchev–Trinajstić information content (AvgIpc) is 2.50. The highest BCUT2D eigenvalue weighted by molar-refractivity contribution is 5.57. The van der Waals surface area contributed by atoms with Crippen molar-refractivity contribution in [2.24, 2.45) is 0 Å². The van der Waals surface area contributed by atoms with Gasteiger partial charge >= 0.3 is 0 Å². The van der Waals surface area contributed by atoms with Crippen LogP contribution in [0.2, 0.25) is 0 Å². The summed E-state index contributed by atoms with van der Waals surface area (Å²) in [6, 6.07) is 18.5. The fourth-order valence-corrected chi connectivity index (χ4v) is 3.18. The van der Waals surface area contributed by atoms with Gasteiger partial charge in [0, 0.05) is 24.8 Å². The van der Waals surface area contributed by atoms with Crippen molar-refractivity contribution in [3.05, 3.63) is 65.2 Å². The lowest BCUT2D eigenvalue weighted by Crippen LogP contribution is -2.51. The smallest absolute Gasteiger partial charge is 0.0667 e. The summed E-state index contributed by atoms with van der Waals surface area (Å²) in [5, 5.41) is 3.62. The highest BCUT2D eigenvalue weighted by Crippen LogP contribution is 2.32. The molecule has 2 nitrogen and oxygen atoms in total. The zero-order valence-corrected chi connectivity index (χ0v) is 13.1. The molecule has 0 aliphatic carbocycles. The largest absolute Gasteiger partial charge is 0.361 e. The van der Waals surface area contributed by atoms with Gasteiger partial charge in [0.25, 0.3) is 0 Å². The van der Waals surface area contributed by atoms with Crippen molar-refractivity contribution in [3.8, 4) is 0 Å². The minimum Gasteiger partial charge on any atom is -0.361 e. The summed E-state index contributed by atoms with van der Waals surface area (Å²) < 4.78 is 0. The molecule has 2 aromatic rings. The van der Waals surface area contributed by atoms with Crippen LogP contribution >= 0.6 is 0 Å². The number of rotatable bonds is 2.